The molecule has 1 aromatic rings. The summed E-state index contributed by atoms with van der Waals surface area (Å²) in [6, 6.07) is 5.33. The lowest BCUT2D eigenvalue weighted by molar-refractivity contribution is -0.160. The Morgan fingerprint density at radius 2 is 1.58 bits per heavy atom. The van der Waals surface area contributed by atoms with Crippen molar-refractivity contribution in [2.24, 2.45) is 11.8 Å². The summed E-state index contributed by atoms with van der Waals surface area (Å²) in [5.74, 6) is -3.49. The largest absolute Gasteiger partial charge is 0.496 e. The number of esters is 3. The smallest absolute Gasteiger partial charge is 0.324 e. The average Bonchev–Trinajstić information content (AvgIpc) is 3.07. The molecule has 1 aliphatic rings. The molecule has 1 aliphatic heterocycles. The second kappa shape index (κ2) is 8.66. The summed E-state index contributed by atoms with van der Waals surface area (Å²) in [5.41, 5.74) is 0.631. The van der Waals surface area contributed by atoms with Crippen molar-refractivity contribution >= 4 is 17.9 Å². The number of benzene rings is 1. The lowest BCUT2D eigenvalue weighted by Crippen LogP contribution is -2.42. The molecule has 1 aromatic carbocycles. The van der Waals surface area contributed by atoms with Gasteiger partial charge in [-0.1, -0.05) is 18.2 Å². The molecule has 1 heterocycles. The molecular weight excluding hydrogens is 342 g/mol. The Bertz CT molecular complexity index is 675. The molecule has 4 atom stereocenters. The molecule has 1 N–H and O–H groups in total. The molecule has 2 rings (SSSR count). The quantitative estimate of drug-likeness (QED) is 0.585. The van der Waals surface area contributed by atoms with E-state index < -0.39 is 41.8 Å². The fourth-order valence-electron chi connectivity index (χ4n) is 3.31. The molecule has 142 valence electrons. The molecule has 0 radical (unpaired) electrons. The minimum atomic E-state index is -1.08. The molecule has 0 saturated carbocycles. The topological polar surface area (TPSA) is 100 Å². The van der Waals surface area contributed by atoms with Gasteiger partial charge < -0.3 is 18.9 Å². The van der Waals surface area contributed by atoms with Crippen LogP contribution in [-0.4, -0.2) is 51.9 Å². The normalized spacial score (nSPS) is 24.6. The summed E-state index contributed by atoms with van der Waals surface area (Å²) in [6.07, 6.45) is 0. The lowest BCUT2D eigenvalue weighted by atomic mass is 9.84. The first-order chi connectivity index (χ1) is 12.5. The van der Waals surface area contributed by atoms with Crippen LogP contribution in [0.15, 0.2) is 24.3 Å². The van der Waals surface area contributed by atoms with Gasteiger partial charge in [0.15, 0.2) is 0 Å². The van der Waals surface area contributed by atoms with Crippen LogP contribution in [0.2, 0.25) is 0 Å². The van der Waals surface area contributed by atoms with Gasteiger partial charge in [0.25, 0.3) is 0 Å². The minimum absolute atomic E-state index is 0.146. The Kier molecular flexibility index (Phi) is 6.57. The van der Waals surface area contributed by atoms with Crippen LogP contribution in [0.3, 0.4) is 0 Å². The summed E-state index contributed by atoms with van der Waals surface area (Å²) < 4.78 is 20.1. The molecule has 0 spiro atoms. The zero-order chi connectivity index (χ0) is 19.3. The highest BCUT2D eigenvalue weighted by Crippen LogP contribution is 2.42. The van der Waals surface area contributed by atoms with Gasteiger partial charge in [-0.15, -0.1) is 0 Å². The molecule has 8 heteroatoms. The molecule has 0 aliphatic carbocycles. The minimum Gasteiger partial charge on any atom is -0.496 e. The number of ether oxygens (including phenoxy) is 4. The van der Waals surface area contributed by atoms with Crippen molar-refractivity contribution < 1.29 is 33.3 Å². The molecule has 1 fully saturated rings. The van der Waals surface area contributed by atoms with Crippen molar-refractivity contribution in [3.8, 4) is 5.75 Å². The van der Waals surface area contributed by atoms with Crippen LogP contribution < -0.4 is 10.1 Å². The second-order valence-electron chi connectivity index (χ2n) is 5.71. The Hall–Kier alpha value is -2.61. The van der Waals surface area contributed by atoms with E-state index in [-0.39, 0.29) is 6.61 Å². The third-order valence-electron chi connectivity index (χ3n) is 4.43. The third kappa shape index (κ3) is 3.65. The summed E-state index contributed by atoms with van der Waals surface area (Å²) in [4.78, 5) is 37.3. The Balaban J connectivity index is 2.54. The SMILES string of the molecule is CCOC(=O)[C@@H]1N[C@H](c2ccccc2OC)[C@H](C(=O)OC)[C@@H]1C(=O)OC. The van der Waals surface area contributed by atoms with Crippen LogP contribution in [0.1, 0.15) is 18.5 Å². The first kappa shape index (κ1) is 19.7. The van der Waals surface area contributed by atoms with Gasteiger partial charge >= 0.3 is 17.9 Å². The van der Waals surface area contributed by atoms with Gasteiger partial charge in [-0.3, -0.25) is 19.7 Å². The van der Waals surface area contributed by atoms with E-state index >= 15 is 0 Å². The Morgan fingerprint density at radius 1 is 0.962 bits per heavy atom. The van der Waals surface area contributed by atoms with E-state index in [0.29, 0.717) is 11.3 Å². The first-order valence-electron chi connectivity index (χ1n) is 8.21. The maximum atomic E-state index is 12.5. The van der Waals surface area contributed by atoms with Crippen molar-refractivity contribution in [3.63, 3.8) is 0 Å². The van der Waals surface area contributed by atoms with Crippen LogP contribution in [0, 0.1) is 11.8 Å². The number of hydrogen-bond donors (Lipinski definition) is 1. The Morgan fingerprint density at radius 3 is 2.15 bits per heavy atom. The zero-order valence-electron chi connectivity index (χ0n) is 15.2. The number of rotatable bonds is 6. The van der Waals surface area contributed by atoms with Crippen LogP contribution >= 0.6 is 0 Å². The van der Waals surface area contributed by atoms with Gasteiger partial charge in [-0.05, 0) is 13.0 Å². The molecular formula is C18H23NO7. The number of nitrogens with one attached hydrogen (secondary N) is 1. The van der Waals surface area contributed by atoms with E-state index in [4.69, 9.17) is 18.9 Å². The van der Waals surface area contributed by atoms with Gasteiger partial charge in [-0.2, -0.15) is 0 Å². The maximum absolute atomic E-state index is 12.5. The van der Waals surface area contributed by atoms with Gasteiger partial charge in [-0.25, -0.2) is 0 Å². The van der Waals surface area contributed by atoms with E-state index in [1.54, 1.807) is 31.2 Å². The van der Waals surface area contributed by atoms with E-state index in [0.717, 1.165) is 0 Å². The zero-order valence-corrected chi connectivity index (χ0v) is 15.2. The number of methoxy groups -OCH3 is 3. The van der Waals surface area contributed by atoms with Crippen molar-refractivity contribution in [1.82, 2.24) is 5.32 Å². The Labute approximate surface area is 151 Å². The number of carbonyl (C=O) groups is 3. The molecule has 1 saturated heterocycles. The van der Waals surface area contributed by atoms with Crippen molar-refractivity contribution in [2.45, 2.75) is 19.0 Å². The predicted octanol–water partition coefficient (Wildman–Crippen LogP) is 0.850. The van der Waals surface area contributed by atoms with E-state index in [2.05, 4.69) is 5.32 Å². The average molecular weight is 365 g/mol. The van der Waals surface area contributed by atoms with Crippen LogP contribution in [0.5, 0.6) is 5.75 Å². The summed E-state index contributed by atoms with van der Waals surface area (Å²) in [6.45, 7) is 1.81. The molecule has 8 nitrogen and oxygen atoms in total. The highest BCUT2D eigenvalue weighted by molar-refractivity contribution is 5.91. The standard InChI is InChI=1S/C18H23NO7/c1-5-26-18(22)15-13(17(21)25-4)12(16(20)24-3)14(19-15)10-8-6-7-9-11(10)23-2/h6-9,12-15,19H,5H2,1-4H3/t12-,13+,14-,15-/m1/s1. The summed E-state index contributed by atoms with van der Waals surface area (Å²) >= 11 is 0. The van der Waals surface area contributed by atoms with E-state index in [1.165, 1.54) is 21.3 Å². The van der Waals surface area contributed by atoms with Crippen molar-refractivity contribution in [3.05, 3.63) is 29.8 Å². The monoisotopic (exact) mass is 365 g/mol. The van der Waals surface area contributed by atoms with Gasteiger partial charge in [0.2, 0.25) is 0 Å². The van der Waals surface area contributed by atoms with Crippen molar-refractivity contribution in [2.75, 3.05) is 27.9 Å². The van der Waals surface area contributed by atoms with Gasteiger partial charge in [0, 0.05) is 5.56 Å². The fraction of sp³-hybridized carbons (Fsp3) is 0.500. The predicted molar refractivity (Wildman–Crippen MR) is 90.3 cm³/mol. The highest BCUT2D eigenvalue weighted by Gasteiger charge is 2.55. The fourth-order valence-corrected chi connectivity index (χ4v) is 3.31. The molecule has 0 aromatic heterocycles. The van der Waals surface area contributed by atoms with Crippen LogP contribution in [-0.2, 0) is 28.6 Å². The van der Waals surface area contributed by atoms with Gasteiger partial charge in [0.1, 0.15) is 11.8 Å². The molecule has 0 amide bonds. The first-order valence-corrected chi connectivity index (χ1v) is 8.21. The maximum Gasteiger partial charge on any atom is 0.324 e. The van der Waals surface area contributed by atoms with Crippen LogP contribution in [0.25, 0.3) is 0 Å². The second-order valence-corrected chi connectivity index (χ2v) is 5.71. The van der Waals surface area contributed by atoms with E-state index in [9.17, 15) is 14.4 Å². The molecule has 0 bridgehead atoms. The van der Waals surface area contributed by atoms with Gasteiger partial charge in [0.05, 0.1) is 45.8 Å². The number of hydrogen-bond acceptors (Lipinski definition) is 8. The summed E-state index contributed by atoms with van der Waals surface area (Å²) in [5, 5.41) is 3.04. The number of carbonyl (C=O) groups excluding carboxylic acids is 3. The van der Waals surface area contributed by atoms with E-state index in [1.807, 2.05) is 0 Å². The summed E-state index contributed by atoms with van der Waals surface area (Å²) in [7, 11) is 3.94. The number of para-hydroxylation sites is 1. The van der Waals surface area contributed by atoms with Crippen molar-refractivity contribution in [1.29, 1.82) is 0 Å². The van der Waals surface area contributed by atoms with Crippen LogP contribution in [0.4, 0.5) is 0 Å². The molecule has 26 heavy (non-hydrogen) atoms. The lowest BCUT2D eigenvalue weighted by Gasteiger charge is -2.22. The molecule has 0 unspecified atom stereocenters. The highest BCUT2D eigenvalue weighted by atomic mass is 16.5. The third-order valence-corrected chi connectivity index (χ3v) is 4.43.